The third-order valence-electron chi connectivity index (χ3n) is 2.66. The summed E-state index contributed by atoms with van der Waals surface area (Å²) in [5, 5.41) is 0.486. The van der Waals surface area contributed by atoms with Gasteiger partial charge in [-0.05, 0) is 31.2 Å². The fourth-order valence-electron chi connectivity index (χ4n) is 1.66. The summed E-state index contributed by atoms with van der Waals surface area (Å²) in [5.41, 5.74) is 1.31. The van der Waals surface area contributed by atoms with E-state index in [4.69, 9.17) is 11.6 Å². The van der Waals surface area contributed by atoms with Gasteiger partial charge >= 0.3 is 0 Å². The number of ketones is 1. The number of rotatable bonds is 3. The molecule has 3 heteroatoms. The second kappa shape index (κ2) is 5.11. The number of benzene rings is 1. The van der Waals surface area contributed by atoms with Crippen LogP contribution in [0.3, 0.4) is 0 Å². The second-order valence-electron chi connectivity index (χ2n) is 3.82. The van der Waals surface area contributed by atoms with Crippen LogP contribution in [0.5, 0.6) is 0 Å². The minimum atomic E-state index is -0.281. The Morgan fingerprint density at radius 1 is 1.18 bits per heavy atom. The molecule has 0 fully saturated rings. The predicted octanol–water partition coefficient (Wildman–Crippen LogP) is 3.72. The van der Waals surface area contributed by atoms with Crippen molar-refractivity contribution in [3.8, 4) is 0 Å². The number of hydrogen-bond donors (Lipinski definition) is 0. The zero-order valence-corrected chi connectivity index (χ0v) is 10.2. The summed E-state index contributed by atoms with van der Waals surface area (Å²) < 4.78 is 0. The van der Waals surface area contributed by atoms with Gasteiger partial charge in [0.25, 0.3) is 0 Å². The van der Waals surface area contributed by atoms with Gasteiger partial charge < -0.3 is 0 Å². The van der Waals surface area contributed by atoms with Crippen LogP contribution in [-0.4, -0.2) is 10.8 Å². The lowest BCUT2D eigenvalue weighted by Crippen LogP contribution is -2.11. The molecule has 0 saturated heterocycles. The van der Waals surface area contributed by atoms with E-state index in [-0.39, 0.29) is 11.7 Å². The topological polar surface area (TPSA) is 30.0 Å². The average Bonchev–Trinajstić information content (AvgIpc) is 2.39. The van der Waals surface area contributed by atoms with Gasteiger partial charge in [-0.15, -0.1) is 0 Å². The molecule has 2 rings (SSSR count). The number of carbonyl (C=O) groups is 1. The summed E-state index contributed by atoms with van der Waals surface area (Å²) >= 11 is 6.01. The minimum Gasteiger partial charge on any atom is -0.293 e. The van der Waals surface area contributed by atoms with Crippen LogP contribution >= 0.6 is 11.6 Å². The first-order valence-electron chi connectivity index (χ1n) is 5.40. The van der Waals surface area contributed by atoms with Crippen molar-refractivity contribution in [1.29, 1.82) is 0 Å². The van der Waals surface area contributed by atoms with Crippen LogP contribution in [0, 0.1) is 0 Å². The van der Waals surface area contributed by atoms with E-state index in [0.717, 1.165) is 5.69 Å². The number of hydrogen-bond acceptors (Lipinski definition) is 2. The number of aromatic nitrogens is 1. The Morgan fingerprint density at radius 2 is 1.88 bits per heavy atom. The number of halogens is 1. The summed E-state index contributed by atoms with van der Waals surface area (Å²) in [4.78, 5) is 16.4. The molecule has 0 aliphatic heterocycles. The molecule has 0 aliphatic rings. The molecule has 1 atom stereocenters. The number of carbonyl (C=O) groups excluding carboxylic acids is 1. The van der Waals surface area contributed by atoms with Crippen molar-refractivity contribution in [2.24, 2.45) is 0 Å². The molecule has 0 bridgehead atoms. The van der Waals surface area contributed by atoms with Gasteiger partial charge in [0, 0.05) is 11.8 Å². The highest BCUT2D eigenvalue weighted by molar-refractivity contribution is 6.34. The lowest BCUT2D eigenvalue weighted by Gasteiger charge is -2.10. The van der Waals surface area contributed by atoms with Crippen molar-refractivity contribution in [1.82, 2.24) is 4.98 Å². The maximum atomic E-state index is 12.2. The smallest absolute Gasteiger partial charge is 0.173 e. The molecular weight excluding hydrogens is 234 g/mol. The van der Waals surface area contributed by atoms with Gasteiger partial charge in [0.05, 0.1) is 16.6 Å². The second-order valence-corrected chi connectivity index (χ2v) is 4.23. The number of nitrogens with zero attached hydrogens (tertiary/aromatic N) is 1. The molecule has 0 amide bonds. The van der Waals surface area contributed by atoms with Gasteiger partial charge in [-0.1, -0.05) is 29.8 Å². The summed E-state index contributed by atoms with van der Waals surface area (Å²) in [7, 11) is 0. The van der Waals surface area contributed by atoms with Gasteiger partial charge in [0.15, 0.2) is 5.78 Å². The molecule has 0 aliphatic carbocycles. The lowest BCUT2D eigenvalue weighted by molar-refractivity contribution is 0.0964. The highest BCUT2D eigenvalue weighted by Gasteiger charge is 2.19. The van der Waals surface area contributed by atoms with Gasteiger partial charge in [-0.25, -0.2) is 0 Å². The van der Waals surface area contributed by atoms with Crippen molar-refractivity contribution < 1.29 is 4.79 Å². The van der Waals surface area contributed by atoms with Crippen LogP contribution in [0.2, 0.25) is 5.02 Å². The quantitative estimate of drug-likeness (QED) is 0.772. The Kier molecular flexibility index (Phi) is 3.55. The molecule has 17 heavy (non-hydrogen) atoms. The fraction of sp³-hybridized carbons (Fsp3) is 0.143. The molecule has 0 saturated carbocycles. The fourth-order valence-corrected chi connectivity index (χ4v) is 1.89. The zero-order chi connectivity index (χ0) is 12.3. The number of pyridine rings is 1. The first-order valence-corrected chi connectivity index (χ1v) is 5.77. The van der Waals surface area contributed by atoms with Crippen LogP contribution in [0.1, 0.15) is 28.9 Å². The minimum absolute atomic E-state index is 0.00528. The Hall–Kier alpha value is -1.67. The van der Waals surface area contributed by atoms with Crippen molar-refractivity contribution in [3.63, 3.8) is 0 Å². The van der Waals surface area contributed by atoms with Gasteiger partial charge in [-0.2, -0.15) is 0 Å². The largest absolute Gasteiger partial charge is 0.293 e. The van der Waals surface area contributed by atoms with Crippen LogP contribution in [-0.2, 0) is 0 Å². The van der Waals surface area contributed by atoms with Crippen LogP contribution in [0.4, 0.5) is 0 Å². The highest BCUT2D eigenvalue weighted by atomic mass is 35.5. The SMILES string of the molecule is CC(C(=O)c1ccccc1Cl)c1ccccn1. The van der Waals surface area contributed by atoms with Crippen molar-refractivity contribution in [2.45, 2.75) is 12.8 Å². The third-order valence-corrected chi connectivity index (χ3v) is 2.99. The van der Waals surface area contributed by atoms with E-state index in [2.05, 4.69) is 4.98 Å². The molecule has 0 spiro atoms. The molecule has 1 heterocycles. The Bertz CT molecular complexity index is 525. The molecule has 1 unspecified atom stereocenters. The van der Waals surface area contributed by atoms with Crippen molar-refractivity contribution >= 4 is 17.4 Å². The first kappa shape index (κ1) is 11.8. The average molecular weight is 246 g/mol. The summed E-state index contributed by atoms with van der Waals surface area (Å²) in [6, 6.07) is 12.6. The highest BCUT2D eigenvalue weighted by Crippen LogP contribution is 2.23. The maximum absolute atomic E-state index is 12.2. The predicted molar refractivity (Wildman–Crippen MR) is 68.4 cm³/mol. The monoisotopic (exact) mass is 245 g/mol. The maximum Gasteiger partial charge on any atom is 0.173 e. The molecule has 0 N–H and O–H groups in total. The molecule has 1 aromatic carbocycles. The van der Waals surface area contributed by atoms with E-state index < -0.39 is 0 Å². The zero-order valence-electron chi connectivity index (χ0n) is 9.43. The van der Waals surface area contributed by atoms with Crippen molar-refractivity contribution in [2.75, 3.05) is 0 Å². The number of Topliss-reactive ketones (excluding diaryl/α,β-unsaturated/α-hetero) is 1. The van der Waals surface area contributed by atoms with Gasteiger partial charge in [0.1, 0.15) is 0 Å². The Labute approximate surface area is 105 Å². The summed E-state index contributed by atoms with van der Waals surface area (Å²) in [6.07, 6.45) is 1.69. The standard InChI is InChI=1S/C14H12ClNO/c1-10(13-8-4-5-9-16-13)14(17)11-6-2-3-7-12(11)15/h2-10H,1H3. The molecular formula is C14H12ClNO. The molecule has 0 radical (unpaired) electrons. The van der Waals surface area contributed by atoms with E-state index in [9.17, 15) is 4.79 Å². The van der Waals surface area contributed by atoms with E-state index >= 15 is 0 Å². The van der Waals surface area contributed by atoms with Crippen LogP contribution in [0.25, 0.3) is 0 Å². The summed E-state index contributed by atoms with van der Waals surface area (Å²) in [5.74, 6) is -0.287. The summed E-state index contributed by atoms with van der Waals surface area (Å²) in [6.45, 7) is 1.84. The van der Waals surface area contributed by atoms with E-state index in [0.29, 0.717) is 10.6 Å². The van der Waals surface area contributed by atoms with Crippen LogP contribution in [0.15, 0.2) is 48.7 Å². The Balaban J connectivity index is 2.30. The normalized spacial score (nSPS) is 12.1. The van der Waals surface area contributed by atoms with E-state index in [1.807, 2.05) is 37.3 Å². The molecule has 86 valence electrons. The molecule has 1 aromatic heterocycles. The van der Waals surface area contributed by atoms with E-state index in [1.54, 1.807) is 18.3 Å². The van der Waals surface area contributed by atoms with Crippen LogP contribution < -0.4 is 0 Å². The van der Waals surface area contributed by atoms with Crippen molar-refractivity contribution in [3.05, 3.63) is 64.9 Å². The van der Waals surface area contributed by atoms with Gasteiger partial charge in [-0.3, -0.25) is 9.78 Å². The third kappa shape index (κ3) is 2.53. The molecule has 2 aromatic rings. The van der Waals surface area contributed by atoms with E-state index in [1.165, 1.54) is 0 Å². The van der Waals surface area contributed by atoms with Gasteiger partial charge in [0.2, 0.25) is 0 Å². The Morgan fingerprint density at radius 3 is 2.53 bits per heavy atom. The lowest BCUT2D eigenvalue weighted by atomic mass is 9.96. The first-order chi connectivity index (χ1) is 8.20. The molecule has 2 nitrogen and oxygen atoms in total.